The lowest BCUT2D eigenvalue weighted by molar-refractivity contribution is -0.118. The van der Waals surface area contributed by atoms with Crippen LogP contribution >= 0.6 is 11.3 Å². The van der Waals surface area contributed by atoms with E-state index in [1.165, 1.54) is 42.7 Å². The molecule has 32 heavy (non-hydrogen) atoms. The Morgan fingerprint density at radius 1 is 1.06 bits per heavy atom. The summed E-state index contributed by atoms with van der Waals surface area (Å²) < 4.78 is 35.3. The molecule has 2 aromatic heterocycles. The number of benzene rings is 1. The number of esters is 1. The molecule has 3 aromatic rings. The van der Waals surface area contributed by atoms with Crippen LogP contribution in [0.5, 0.6) is 0 Å². The highest BCUT2D eigenvalue weighted by molar-refractivity contribution is 7.90. The van der Waals surface area contributed by atoms with Gasteiger partial charge in [0.1, 0.15) is 0 Å². The van der Waals surface area contributed by atoms with Crippen molar-refractivity contribution in [1.82, 2.24) is 5.32 Å². The van der Waals surface area contributed by atoms with E-state index in [2.05, 4.69) is 5.32 Å². The normalized spacial score (nSPS) is 11.2. The molecule has 0 saturated heterocycles. The summed E-state index contributed by atoms with van der Waals surface area (Å²) in [6.07, 6.45) is 1.79. The van der Waals surface area contributed by atoms with Crippen molar-refractivity contribution in [2.24, 2.45) is 0 Å². The molecule has 1 amide bonds. The quantitative estimate of drug-likeness (QED) is 0.353. The first-order valence-corrected chi connectivity index (χ1v) is 12.1. The van der Waals surface area contributed by atoms with Crippen molar-refractivity contribution in [3.63, 3.8) is 0 Å². The fraction of sp³-hybridized carbons (Fsp3) is 0.227. The van der Waals surface area contributed by atoms with E-state index >= 15 is 0 Å². The largest absolute Gasteiger partial charge is 0.457 e. The van der Waals surface area contributed by atoms with Gasteiger partial charge in [-0.05, 0) is 36.8 Å². The smallest absolute Gasteiger partial charge is 0.374 e. The van der Waals surface area contributed by atoms with Crippen LogP contribution in [-0.2, 0) is 31.5 Å². The molecule has 0 aliphatic carbocycles. The van der Waals surface area contributed by atoms with Gasteiger partial charge in [-0.15, -0.1) is 11.3 Å². The molecule has 0 radical (unpaired) electrons. The van der Waals surface area contributed by atoms with Crippen LogP contribution in [0.15, 0.2) is 64.1 Å². The number of hydrogen-bond donors (Lipinski definition) is 1. The van der Waals surface area contributed by atoms with Gasteiger partial charge in [0.05, 0.1) is 21.8 Å². The number of Topliss-reactive ketones (excluding diaryl/α,β-unsaturated/α-hetero) is 1. The zero-order valence-corrected chi connectivity index (χ0v) is 18.8. The van der Waals surface area contributed by atoms with Crippen LogP contribution in [0.1, 0.15) is 37.6 Å². The number of rotatable bonds is 10. The third kappa shape index (κ3) is 6.14. The minimum absolute atomic E-state index is 0.126. The van der Waals surface area contributed by atoms with E-state index in [-0.39, 0.29) is 27.9 Å². The molecule has 3 rings (SSSR count). The van der Waals surface area contributed by atoms with E-state index in [9.17, 15) is 22.8 Å². The summed E-state index contributed by atoms with van der Waals surface area (Å²) in [6.45, 7) is 1.39. The van der Waals surface area contributed by atoms with Gasteiger partial charge in [-0.25, -0.2) is 13.2 Å². The van der Waals surface area contributed by atoms with Gasteiger partial charge in [-0.1, -0.05) is 18.2 Å². The predicted octanol–water partition coefficient (Wildman–Crippen LogP) is 3.03. The highest BCUT2D eigenvalue weighted by Gasteiger charge is 2.24. The van der Waals surface area contributed by atoms with Crippen molar-refractivity contribution in [3.05, 3.63) is 75.9 Å². The number of carbonyl (C=O) groups excluding carboxylic acids is 3. The molecule has 0 unspecified atom stereocenters. The number of ketones is 1. The van der Waals surface area contributed by atoms with E-state index in [1.54, 1.807) is 30.3 Å². The molecule has 10 heteroatoms. The maximum absolute atomic E-state index is 12.6. The topological polar surface area (TPSA) is 120 Å². The summed E-state index contributed by atoms with van der Waals surface area (Å²) >= 11 is 1.26. The first-order chi connectivity index (χ1) is 15.3. The minimum Gasteiger partial charge on any atom is -0.457 e. The number of furan rings is 1. The third-order valence-electron chi connectivity index (χ3n) is 4.40. The van der Waals surface area contributed by atoms with E-state index in [4.69, 9.17) is 9.15 Å². The Morgan fingerprint density at radius 3 is 2.53 bits per heavy atom. The van der Waals surface area contributed by atoms with Crippen LogP contribution in [-0.4, -0.2) is 39.2 Å². The average Bonchev–Trinajstić information content (AvgIpc) is 3.41. The highest BCUT2D eigenvalue weighted by Crippen LogP contribution is 2.21. The molecular weight excluding hydrogens is 454 g/mol. The van der Waals surface area contributed by atoms with E-state index in [0.29, 0.717) is 17.8 Å². The zero-order valence-electron chi connectivity index (χ0n) is 17.2. The lowest BCUT2D eigenvalue weighted by Crippen LogP contribution is -2.22. The summed E-state index contributed by atoms with van der Waals surface area (Å²) in [5, 5.41) is 2.68. The maximum Gasteiger partial charge on any atom is 0.374 e. The molecular formula is C22H21NO7S2. The lowest BCUT2D eigenvalue weighted by atomic mass is 10.3. The first-order valence-electron chi connectivity index (χ1n) is 9.64. The van der Waals surface area contributed by atoms with Crippen molar-refractivity contribution in [1.29, 1.82) is 0 Å². The van der Waals surface area contributed by atoms with Gasteiger partial charge in [0, 0.05) is 23.9 Å². The average molecular weight is 476 g/mol. The van der Waals surface area contributed by atoms with E-state index < -0.39 is 28.2 Å². The second-order valence-electron chi connectivity index (χ2n) is 6.85. The van der Waals surface area contributed by atoms with Crippen molar-refractivity contribution >= 4 is 38.8 Å². The van der Waals surface area contributed by atoms with Gasteiger partial charge in [0.25, 0.3) is 0 Å². The Morgan fingerprint density at radius 2 is 1.81 bits per heavy atom. The molecule has 1 N–H and O–H groups in total. The molecule has 168 valence electrons. The van der Waals surface area contributed by atoms with Gasteiger partial charge in [-0.3, -0.25) is 9.59 Å². The predicted molar refractivity (Wildman–Crippen MR) is 117 cm³/mol. The monoisotopic (exact) mass is 475 g/mol. The van der Waals surface area contributed by atoms with E-state index in [0.717, 1.165) is 4.88 Å². The summed E-state index contributed by atoms with van der Waals surface area (Å²) in [7, 11) is -3.68. The van der Waals surface area contributed by atoms with Crippen molar-refractivity contribution in [2.45, 2.75) is 24.0 Å². The number of amides is 1. The fourth-order valence-electron chi connectivity index (χ4n) is 2.84. The third-order valence-corrected chi connectivity index (χ3v) is 7.26. The van der Waals surface area contributed by atoms with Crippen molar-refractivity contribution < 1.29 is 32.0 Å². The van der Waals surface area contributed by atoms with Gasteiger partial charge < -0.3 is 14.5 Å². The van der Waals surface area contributed by atoms with Gasteiger partial charge in [0.2, 0.25) is 17.5 Å². The Hall–Kier alpha value is -3.24. The highest BCUT2D eigenvalue weighted by atomic mass is 32.2. The number of thiophene rings is 1. The number of carbonyl (C=O) groups is 3. The Kier molecular flexibility index (Phi) is 7.60. The van der Waals surface area contributed by atoms with Gasteiger partial charge >= 0.3 is 5.97 Å². The molecule has 1 aromatic carbocycles. The SMILES string of the molecule is CC(=O)NCCc1ccc(C(=O)COC(=O)c2occc2CS(=O)(=O)c2ccccc2)s1. The summed E-state index contributed by atoms with van der Waals surface area (Å²) in [6, 6.07) is 12.7. The number of nitrogens with one attached hydrogen (secondary N) is 1. The molecule has 8 nitrogen and oxygen atoms in total. The van der Waals surface area contributed by atoms with Crippen LogP contribution in [0.2, 0.25) is 0 Å². The standard InChI is InChI=1S/C22H21NO7S2/c1-15(24)23-11-9-17-7-8-20(31-17)19(25)13-30-22(26)21-16(10-12-29-21)14-32(27,28)18-5-3-2-4-6-18/h2-8,10,12H,9,11,13-14H2,1H3,(H,23,24). The van der Waals surface area contributed by atoms with E-state index in [1.807, 2.05) is 0 Å². The van der Waals surface area contributed by atoms with Crippen LogP contribution in [0, 0.1) is 0 Å². The molecule has 0 saturated carbocycles. The van der Waals surface area contributed by atoms with Crippen LogP contribution in [0.4, 0.5) is 0 Å². The van der Waals surface area contributed by atoms with Crippen LogP contribution < -0.4 is 5.32 Å². The summed E-state index contributed by atoms with van der Waals surface area (Å²) in [4.78, 5) is 37.1. The molecule has 0 atom stereocenters. The maximum atomic E-state index is 12.6. The second kappa shape index (κ2) is 10.4. The Balaban J connectivity index is 1.58. The number of sulfone groups is 1. The van der Waals surface area contributed by atoms with Crippen molar-refractivity contribution in [3.8, 4) is 0 Å². The van der Waals surface area contributed by atoms with Crippen LogP contribution in [0.3, 0.4) is 0 Å². The van der Waals surface area contributed by atoms with Gasteiger partial charge in [-0.2, -0.15) is 0 Å². The number of hydrogen-bond acceptors (Lipinski definition) is 8. The minimum atomic E-state index is -3.68. The Labute approximate surface area is 189 Å². The fourth-order valence-corrected chi connectivity index (χ4v) is 5.14. The molecule has 0 bridgehead atoms. The molecule has 2 heterocycles. The second-order valence-corrected chi connectivity index (χ2v) is 10.0. The first kappa shape index (κ1) is 23.4. The van der Waals surface area contributed by atoms with Crippen LogP contribution in [0.25, 0.3) is 0 Å². The van der Waals surface area contributed by atoms with Gasteiger partial charge in [0.15, 0.2) is 16.4 Å². The molecule has 0 fully saturated rings. The van der Waals surface area contributed by atoms with Crippen molar-refractivity contribution in [2.75, 3.05) is 13.2 Å². The molecule has 0 spiro atoms. The molecule has 0 aliphatic heterocycles. The number of ether oxygens (including phenoxy) is 1. The molecule has 0 aliphatic rings. The summed E-state index contributed by atoms with van der Waals surface area (Å²) in [5.74, 6) is -2.12. The lowest BCUT2D eigenvalue weighted by Gasteiger charge is -2.05. The summed E-state index contributed by atoms with van der Waals surface area (Å²) in [5.41, 5.74) is 0.155. The Bertz CT molecular complexity index is 1210. The zero-order chi connectivity index (χ0) is 23.1.